The van der Waals surface area contributed by atoms with E-state index in [0.29, 0.717) is 0 Å². The average Bonchev–Trinajstić information content (AvgIpc) is 3.29. The highest BCUT2D eigenvalue weighted by atomic mass is 32.2. The molecule has 0 spiro atoms. The largest absolute Gasteiger partial charge is 0.407 e. The van der Waals surface area contributed by atoms with Gasteiger partial charge in [0.2, 0.25) is 10.0 Å². The van der Waals surface area contributed by atoms with Crippen LogP contribution in [0.3, 0.4) is 0 Å². The Labute approximate surface area is 162 Å². The number of hydrogen-bond acceptors (Lipinski definition) is 3. The summed E-state index contributed by atoms with van der Waals surface area (Å²) < 4.78 is 93.5. The van der Waals surface area contributed by atoms with Crippen molar-refractivity contribution in [3.8, 4) is 0 Å². The molecule has 0 atom stereocenters. The first-order chi connectivity index (χ1) is 13.3. The van der Waals surface area contributed by atoms with Crippen LogP contribution < -0.4 is 10.0 Å². The predicted octanol–water partition coefficient (Wildman–Crippen LogP) is 3.24. The van der Waals surface area contributed by atoms with Crippen molar-refractivity contribution < 1.29 is 35.2 Å². The van der Waals surface area contributed by atoms with E-state index >= 15 is 0 Å². The molecule has 29 heavy (non-hydrogen) atoms. The monoisotopic (exact) mass is 437 g/mol. The number of halogens is 5. The molecule has 1 heterocycles. The van der Waals surface area contributed by atoms with E-state index in [0.717, 1.165) is 29.0 Å². The molecule has 6 nitrogen and oxygen atoms in total. The van der Waals surface area contributed by atoms with E-state index in [4.69, 9.17) is 0 Å². The van der Waals surface area contributed by atoms with E-state index in [1.165, 1.54) is 14.0 Å². The average molecular weight is 437 g/mol. The summed E-state index contributed by atoms with van der Waals surface area (Å²) in [6.45, 7) is 1.27. The van der Waals surface area contributed by atoms with Crippen molar-refractivity contribution in [1.82, 2.24) is 9.29 Å². The van der Waals surface area contributed by atoms with Crippen molar-refractivity contribution in [3.05, 3.63) is 47.3 Å². The van der Waals surface area contributed by atoms with Crippen LogP contribution >= 0.6 is 0 Å². The maximum atomic E-state index is 13.3. The molecule has 1 aromatic carbocycles. The van der Waals surface area contributed by atoms with Gasteiger partial charge < -0.3 is 9.88 Å². The summed E-state index contributed by atoms with van der Waals surface area (Å²) in [5.41, 5.74) is -2.82. The standard InChI is InChI=1S/C17H16F5N3O3S/c1-9-13(29(27,28)24-16(5-6-16)17(20,21)22)8-25(2)14(9)15(26)23-10-3-4-11(18)12(19)7-10/h3-4,7-8,24H,5-6H2,1-2H3,(H,23,26). The third kappa shape index (κ3) is 3.86. The van der Waals surface area contributed by atoms with Gasteiger partial charge in [0, 0.05) is 25.0 Å². The van der Waals surface area contributed by atoms with Gasteiger partial charge in [-0.2, -0.15) is 17.9 Å². The zero-order chi connectivity index (χ0) is 21.8. The number of carbonyl (C=O) groups is 1. The van der Waals surface area contributed by atoms with Crippen LogP contribution in [-0.4, -0.2) is 30.6 Å². The minimum Gasteiger partial charge on any atom is -0.345 e. The molecular formula is C17H16F5N3O3S. The Morgan fingerprint density at radius 1 is 1.17 bits per heavy atom. The number of nitrogens with zero attached hydrogens (tertiary/aromatic N) is 1. The lowest BCUT2D eigenvalue weighted by atomic mass is 10.2. The molecule has 0 bridgehead atoms. The molecule has 158 valence electrons. The van der Waals surface area contributed by atoms with E-state index in [1.54, 1.807) is 4.72 Å². The van der Waals surface area contributed by atoms with Crippen LogP contribution in [0.5, 0.6) is 0 Å². The molecule has 0 aliphatic heterocycles. The smallest absolute Gasteiger partial charge is 0.345 e. The van der Waals surface area contributed by atoms with Gasteiger partial charge >= 0.3 is 6.18 Å². The molecular weight excluding hydrogens is 421 g/mol. The summed E-state index contributed by atoms with van der Waals surface area (Å²) >= 11 is 0. The summed E-state index contributed by atoms with van der Waals surface area (Å²) in [7, 11) is -3.23. The van der Waals surface area contributed by atoms with Crippen LogP contribution in [-0.2, 0) is 17.1 Å². The van der Waals surface area contributed by atoms with Gasteiger partial charge in [-0.1, -0.05) is 0 Å². The summed E-state index contributed by atoms with van der Waals surface area (Å²) in [5.74, 6) is -3.15. The fraction of sp³-hybridized carbons (Fsp3) is 0.353. The van der Waals surface area contributed by atoms with Gasteiger partial charge in [-0.3, -0.25) is 4.79 Å². The molecule has 3 rings (SSSR count). The number of nitrogens with one attached hydrogen (secondary N) is 2. The quantitative estimate of drug-likeness (QED) is 0.705. The Balaban J connectivity index is 1.90. The second-order valence-corrected chi connectivity index (χ2v) is 8.50. The fourth-order valence-electron chi connectivity index (χ4n) is 2.96. The normalized spacial score (nSPS) is 16.0. The van der Waals surface area contributed by atoms with Crippen LogP contribution in [0.15, 0.2) is 29.3 Å². The van der Waals surface area contributed by atoms with Crippen molar-refractivity contribution in [2.75, 3.05) is 5.32 Å². The van der Waals surface area contributed by atoms with E-state index in [9.17, 15) is 35.2 Å². The molecule has 2 N–H and O–H groups in total. The van der Waals surface area contributed by atoms with Crippen molar-refractivity contribution in [1.29, 1.82) is 0 Å². The van der Waals surface area contributed by atoms with Crippen LogP contribution in [0.2, 0.25) is 0 Å². The zero-order valence-electron chi connectivity index (χ0n) is 15.2. The van der Waals surface area contributed by atoms with Gasteiger partial charge in [-0.05, 0) is 37.5 Å². The Hall–Kier alpha value is -2.47. The van der Waals surface area contributed by atoms with E-state index in [1.807, 2.05) is 0 Å². The molecule has 2 aromatic rings. The van der Waals surface area contributed by atoms with E-state index in [2.05, 4.69) is 5.32 Å². The number of benzene rings is 1. The second kappa shape index (κ2) is 6.80. The molecule has 0 radical (unpaired) electrons. The molecule has 1 aliphatic carbocycles. The molecule has 0 unspecified atom stereocenters. The van der Waals surface area contributed by atoms with E-state index < -0.39 is 44.2 Å². The van der Waals surface area contributed by atoms with Gasteiger partial charge in [-0.25, -0.2) is 17.2 Å². The molecule has 1 fully saturated rings. The first-order valence-electron chi connectivity index (χ1n) is 8.30. The number of rotatable bonds is 5. The minimum atomic E-state index is -4.74. The summed E-state index contributed by atoms with van der Waals surface area (Å²) in [6.07, 6.45) is -4.46. The molecule has 1 aromatic heterocycles. The minimum absolute atomic E-state index is 0.0777. The second-order valence-electron chi connectivity index (χ2n) is 6.85. The topological polar surface area (TPSA) is 80.2 Å². The number of hydrogen-bond donors (Lipinski definition) is 2. The molecule has 1 saturated carbocycles. The first kappa shape index (κ1) is 21.2. The lowest BCUT2D eigenvalue weighted by Gasteiger charge is -2.20. The van der Waals surface area contributed by atoms with Gasteiger partial charge in [0.25, 0.3) is 5.91 Å². The van der Waals surface area contributed by atoms with Crippen LogP contribution in [0, 0.1) is 18.6 Å². The predicted molar refractivity (Wildman–Crippen MR) is 92.8 cm³/mol. The number of carbonyl (C=O) groups excluding carboxylic acids is 1. The highest BCUT2D eigenvalue weighted by Crippen LogP contribution is 2.49. The number of aromatic nitrogens is 1. The maximum absolute atomic E-state index is 13.3. The molecule has 1 aliphatic rings. The van der Waals surface area contributed by atoms with Crippen molar-refractivity contribution >= 4 is 21.6 Å². The Morgan fingerprint density at radius 3 is 2.31 bits per heavy atom. The van der Waals surface area contributed by atoms with Crippen LogP contribution in [0.1, 0.15) is 28.9 Å². The van der Waals surface area contributed by atoms with Gasteiger partial charge in [0.15, 0.2) is 11.6 Å². The molecule has 12 heteroatoms. The van der Waals surface area contributed by atoms with Crippen molar-refractivity contribution in [2.24, 2.45) is 7.05 Å². The Morgan fingerprint density at radius 2 is 1.79 bits per heavy atom. The number of alkyl halides is 3. The molecule has 0 saturated heterocycles. The molecule has 1 amide bonds. The lowest BCUT2D eigenvalue weighted by molar-refractivity contribution is -0.160. The SMILES string of the molecule is Cc1c(S(=O)(=O)NC2(C(F)(F)F)CC2)cn(C)c1C(=O)Nc1ccc(F)c(F)c1. The number of sulfonamides is 1. The third-order valence-electron chi connectivity index (χ3n) is 4.69. The summed E-state index contributed by atoms with van der Waals surface area (Å²) in [4.78, 5) is 12.0. The maximum Gasteiger partial charge on any atom is 0.407 e. The third-order valence-corrected chi connectivity index (χ3v) is 6.34. The van der Waals surface area contributed by atoms with Crippen molar-refractivity contribution in [2.45, 2.75) is 36.4 Å². The van der Waals surface area contributed by atoms with Gasteiger partial charge in [-0.15, -0.1) is 0 Å². The van der Waals surface area contributed by atoms with Crippen LogP contribution in [0.4, 0.5) is 27.6 Å². The number of aryl methyl sites for hydroxylation is 1. The van der Waals surface area contributed by atoms with E-state index in [-0.39, 0.29) is 29.8 Å². The Kier molecular flexibility index (Phi) is 4.98. The number of amides is 1. The fourth-order valence-corrected chi connectivity index (χ4v) is 4.71. The van der Waals surface area contributed by atoms with Crippen LogP contribution in [0.25, 0.3) is 0 Å². The highest BCUT2D eigenvalue weighted by Gasteiger charge is 2.65. The zero-order valence-corrected chi connectivity index (χ0v) is 16.0. The number of anilines is 1. The first-order valence-corrected chi connectivity index (χ1v) is 9.79. The van der Waals surface area contributed by atoms with Gasteiger partial charge in [0.1, 0.15) is 16.1 Å². The summed E-state index contributed by atoms with van der Waals surface area (Å²) in [6, 6.07) is 2.65. The summed E-state index contributed by atoms with van der Waals surface area (Å²) in [5, 5.41) is 2.30. The Bertz CT molecular complexity index is 1090. The highest BCUT2D eigenvalue weighted by molar-refractivity contribution is 7.89. The van der Waals surface area contributed by atoms with Crippen molar-refractivity contribution in [3.63, 3.8) is 0 Å². The van der Waals surface area contributed by atoms with Gasteiger partial charge in [0.05, 0.1) is 0 Å². The lowest BCUT2D eigenvalue weighted by Crippen LogP contribution is -2.47.